The molecular formula is C12H12N4O5. The van der Waals surface area contributed by atoms with Crippen molar-refractivity contribution in [2.75, 3.05) is 25.5 Å². The molecule has 9 heteroatoms. The first kappa shape index (κ1) is 14.4. The zero-order valence-corrected chi connectivity index (χ0v) is 11.1. The quantitative estimate of drug-likeness (QED) is 0.449. The number of imide groups is 1. The fraction of sp³-hybridized carbons (Fsp3) is 0.250. The molecule has 110 valence electrons. The minimum absolute atomic E-state index is 0.0363. The molecule has 1 aromatic carbocycles. The SMILES string of the molecule is CNc1ccc([N+](=O)[O-])cc1C(=O)N1CC(=O)NC(=O)C1. The van der Waals surface area contributed by atoms with Crippen molar-refractivity contribution in [2.24, 2.45) is 0 Å². The van der Waals surface area contributed by atoms with Gasteiger partial charge in [0, 0.05) is 24.9 Å². The maximum Gasteiger partial charge on any atom is 0.270 e. The number of piperazine rings is 1. The Morgan fingerprint density at radius 2 is 1.95 bits per heavy atom. The Labute approximate surface area is 119 Å². The van der Waals surface area contributed by atoms with Crippen LogP contribution in [0.2, 0.25) is 0 Å². The summed E-state index contributed by atoms with van der Waals surface area (Å²) in [5, 5.41) is 15.6. The number of hydrogen-bond donors (Lipinski definition) is 2. The third kappa shape index (κ3) is 2.96. The Morgan fingerprint density at radius 3 is 2.48 bits per heavy atom. The van der Waals surface area contributed by atoms with Crippen molar-refractivity contribution < 1.29 is 19.3 Å². The van der Waals surface area contributed by atoms with Crippen molar-refractivity contribution in [3.05, 3.63) is 33.9 Å². The molecule has 1 saturated heterocycles. The summed E-state index contributed by atoms with van der Waals surface area (Å²) in [6.07, 6.45) is 0. The summed E-state index contributed by atoms with van der Waals surface area (Å²) >= 11 is 0. The van der Waals surface area contributed by atoms with E-state index < -0.39 is 22.6 Å². The van der Waals surface area contributed by atoms with Crippen LogP contribution in [-0.4, -0.2) is 47.7 Å². The largest absolute Gasteiger partial charge is 0.387 e. The molecule has 1 fully saturated rings. The van der Waals surface area contributed by atoms with E-state index in [-0.39, 0.29) is 24.3 Å². The second-order valence-electron chi connectivity index (χ2n) is 4.37. The number of nitrogens with zero attached hydrogens (tertiary/aromatic N) is 2. The van der Waals surface area contributed by atoms with Crippen LogP contribution < -0.4 is 10.6 Å². The molecule has 1 aromatic rings. The maximum atomic E-state index is 12.4. The number of hydrogen-bond acceptors (Lipinski definition) is 6. The zero-order chi connectivity index (χ0) is 15.6. The van der Waals surface area contributed by atoms with Crippen molar-refractivity contribution in [2.45, 2.75) is 0 Å². The molecule has 2 N–H and O–H groups in total. The van der Waals surface area contributed by atoms with Gasteiger partial charge in [0.2, 0.25) is 11.8 Å². The lowest BCUT2D eigenvalue weighted by molar-refractivity contribution is -0.384. The second kappa shape index (κ2) is 5.57. The number of carbonyl (C=O) groups excluding carboxylic acids is 3. The van der Waals surface area contributed by atoms with E-state index in [0.29, 0.717) is 5.69 Å². The van der Waals surface area contributed by atoms with Gasteiger partial charge in [-0.25, -0.2) is 0 Å². The van der Waals surface area contributed by atoms with Crippen LogP contribution in [0.3, 0.4) is 0 Å². The third-order valence-corrected chi connectivity index (χ3v) is 2.95. The van der Waals surface area contributed by atoms with Gasteiger partial charge in [-0.1, -0.05) is 0 Å². The van der Waals surface area contributed by atoms with E-state index in [1.807, 2.05) is 0 Å². The van der Waals surface area contributed by atoms with Crippen molar-refractivity contribution in [1.29, 1.82) is 0 Å². The fourth-order valence-electron chi connectivity index (χ4n) is 1.99. The van der Waals surface area contributed by atoms with E-state index in [9.17, 15) is 24.5 Å². The van der Waals surface area contributed by atoms with Crippen LogP contribution in [0, 0.1) is 10.1 Å². The number of carbonyl (C=O) groups is 3. The van der Waals surface area contributed by atoms with Crippen LogP contribution in [0.5, 0.6) is 0 Å². The van der Waals surface area contributed by atoms with Crippen LogP contribution in [0.4, 0.5) is 11.4 Å². The molecular weight excluding hydrogens is 280 g/mol. The Morgan fingerprint density at radius 1 is 1.33 bits per heavy atom. The standard InChI is InChI=1S/C12H12N4O5/c1-13-9-3-2-7(16(20)21)4-8(9)12(19)15-5-10(17)14-11(18)6-15/h2-4,13H,5-6H2,1H3,(H,14,17,18). The number of non-ortho nitro benzene ring substituents is 1. The smallest absolute Gasteiger partial charge is 0.270 e. The second-order valence-corrected chi connectivity index (χ2v) is 4.37. The van der Waals surface area contributed by atoms with E-state index in [1.165, 1.54) is 12.1 Å². The first-order chi connectivity index (χ1) is 9.92. The summed E-state index contributed by atoms with van der Waals surface area (Å²) in [4.78, 5) is 46.2. The molecule has 0 aromatic heterocycles. The minimum atomic E-state index is -0.621. The number of rotatable bonds is 3. The average molecular weight is 292 g/mol. The predicted molar refractivity (Wildman–Crippen MR) is 71.7 cm³/mol. The van der Waals surface area contributed by atoms with Crippen LogP contribution in [-0.2, 0) is 9.59 Å². The maximum absolute atomic E-state index is 12.4. The molecule has 0 aliphatic carbocycles. The molecule has 2 rings (SSSR count). The van der Waals surface area contributed by atoms with Gasteiger partial charge < -0.3 is 10.2 Å². The highest BCUT2D eigenvalue weighted by Gasteiger charge is 2.29. The summed E-state index contributed by atoms with van der Waals surface area (Å²) < 4.78 is 0. The number of nitrogens with one attached hydrogen (secondary N) is 2. The Hall–Kier alpha value is -2.97. The van der Waals surface area contributed by atoms with Crippen LogP contribution in [0.25, 0.3) is 0 Å². The highest BCUT2D eigenvalue weighted by molar-refractivity contribution is 6.07. The van der Waals surface area contributed by atoms with Crippen LogP contribution in [0.1, 0.15) is 10.4 Å². The predicted octanol–water partition coefficient (Wildman–Crippen LogP) is -0.265. The van der Waals surface area contributed by atoms with Gasteiger partial charge >= 0.3 is 0 Å². The van der Waals surface area contributed by atoms with Crippen LogP contribution >= 0.6 is 0 Å². The Balaban J connectivity index is 2.37. The number of anilines is 1. The summed E-state index contributed by atoms with van der Waals surface area (Å²) in [5.74, 6) is -1.79. The van der Waals surface area contributed by atoms with E-state index in [2.05, 4.69) is 10.6 Å². The summed E-state index contributed by atoms with van der Waals surface area (Å²) in [7, 11) is 1.56. The van der Waals surface area contributed by atoms with Crippen molar-refractivity contribution in [3.8, 4) is 0 Å². The number of amides is 3. The van der Waals surface area contributed by atoms with Crippen molar-refractivity contribution >= 4 is 29.1 Å². The molecule has 0 spiro atoms. The van der Waals surface area contributed by atoms with E-state index in [0.717, 1.165) is 11.0 Å². The molecule has 21 heavy (non-hydrogen) atoms. The van der Waals surface area contributed by atoms with Crippen LogP contribution in [0.15, 0.2) is 18.2 Å². The normalized spacial score (nSPS) is 14.6. The lowest BCUT2D eigenvalue weighted by atomic mass is 10.1. The van der Waals surface area contributed by atoms with Gasteiger partial charge in [-0.15, -0.1) is 0 Å². The topological polar surface area (TPSA) is 122 Å². The highest BCUT2D eigenvalue weighted by atomic mass is 16.6. The first-order valence-corrected chi connectivity index (χ1v) is 6.00. The fourth-order valence-corrected chi connectivity index (χ4v) is 1.99. The van der Waals surface area contributed by atoms with Gasteiger partial charge in [0.25, 0.3) is 11.6 Å². The molecule has 1 aliphatic rings. The van der Waals surface area contributed by atoms with E-state index in [1.54, 1.807) is 7.05 Å². The average Bonchev–Trinajstić information content (AvgIpc) is 2.44. The molecule has 0 saturated carbocycles. The van der Waals surface area contributed by atoms with Gasteiger partial charge in [0.15, 0.2) is 0 Å². The Bertz CT molecular complexity index is 627. The van der Waals surface area contributed by atoms with Gasteiger partial charge in [0.1, 0.15) is 13.1 Å². The van der Waals surface area contributed by atoms with Gasteiger partial charge in [-0.05, 0) is 6.07 Å². The lowest BCUT2D eigenvalue weighted by Crippen LogP contribution is -2.53. The molecule has 0 unspecified atom stereocenters. The monoisotopic (exact) mass is 292 g/mol. The highest BCUT2D eigenvalue weighted by Crippen LogP contribution is 2.23. The molecule has 0 bridgehead atoms. The summed E-state index contributed by atoms with van der Waals surface area (Å²) in [5.41, 5.74) is 0.170. The van der Waals surface area contributed by atoms with Gasteiger partial charge in [-0.2, -0.15) is 0 Å². The summed E-state index contributed by atoms with van der Waals surface area (Å²) in [6.45, 7) is -0.535. The van der Waals surface area contributed by atoms with Crippen molar-refractivity contribution in [1.82, 2.24) is 10.2 Å². The number of nitro benzene ring substituents is 1. The summed E-state index contributed by atoms with van der Waals surface area (Å²) in [6, 6.07) is 3.78. The lowest BCUT2D eigenvalue weighted by Gasteiger charge is -2.26. The zero-order valence-electron chi connectivity index (χ0n) is 11.1. The first-order valence-electron chi connectivity index (χ1n) is 6.00. The van der Waals surface area contributed by atoms with Gasteiger partial charge in [-0.3, -0.25) is 29.8 Å². The molecule has 3 amide bonds. The van der Waals surface area contributed by atoms with E-state index >= 15 is 0 Å². The van der Waals surface area contributed by atoms with Gasteiger partial charge in [0.05, 0.1) is 10.5 Å². The third-order valence-electron chi connectivity index (χ3n) is 2.95. The molecule has 1 aliphatic heterocycles. The molecule has 1 heterocycles. The number of nitro groups is 1. The molecule has 9 nitrogen and oxygen atoms in total. The molecule has 0 atom stereocenters. The van der Waals surface area contributed by atoms with Crippen molar-refractivity contribution in [3.63, 3.8) is 0 Å². The molecule has 0 radical (unpaired) electrons. The number of benzene rings is 1. The minimum Gasteiger partial charge on any atom is -0.387 e. The Kier molecular flexibility index (Phi) is 3.83. The van der Waals surface area contributed by atoms with E-state index in [4.69, 9.17) is 0 Å².